The highest BCUT2D eigenvalue weighted by molar-refractivity contribution is 14.1. The van der Waals surface area contributed by atoms with Crippen LogP contribution in [0.25, 0.3) is 0 Å². The van der Waals surface area contributed by atoms with Crippen LogP contribution >= 0.6 is 57.4 Å². The SMILES string of the molecule is CN(CNC(=O)OCC(Cl)(Cl)Cl)c1ccccc1I. The third kappa shape index (κ3) is 6.74. The van der Waals surface area contributed by atoms with E-state index in [1.165, 1.54) is 0 Å². The summed E-state index contributed by atoms with van der Waals surface area (Å²) in [5.41, 5.74) is 1.00. The molecule has 0 atom stereocenters. The Morgan fingerprint density at radius 3 is 2.63 bits per heavy atom. The molecule has 1 amide bonds. The van der Waals surface area contributed by atoms with Crippen molar-refractivity contribution < 1.29 is 9.53 Å². The van der Waals surface area contributed by atoms with Crippen molar-refractivity contribution in [1.29, 1.82) is 0 Å². The molecule has 106 valence electrons. The minimum atomic E-state index is -1.60. The van der Waals surface area contributed by atoms with Gasteiger partial charge in [-0.05, 0) is 34.7 Å². The number of alkyl carbamates (subject to hydrolysis) is 1. The molecule has 0 aromatic heterocycles. The minimum absolute atomic E-state index is 0.290. The number of alkyl halides is 3. The Bertz CT molecular complexity index is 440. The molecule has 0 aliphatic rings. The fourth-order valence-corrected chi connectivity index (χ4v) is 2.19. The van der Waals surface area contributed by atoms with Crippen molar-refractivity contribution in [1.82, 2.24) is 5.32 Å². The summed E-state index contributed by atoms with van der Waals surface area (Å²) in [5, 5.41) is 2.57. The lowest BCUT2D eigenvalue weighted by molar-refractivity contribution is 0.148. The van der Waals surface area contributed by atoms with Crippen LogP contribution in [0.2, 0.25) is 0 Å². The summed E-state index contributed by atoms with van der Waals surface area (Å²) in [4.78, 5) is 13.2. The summed E-state index contributed by atoms with van der Waals surface area (Å²) in [6.45, 7) is -0.00517. The first-order chi connectivity index (χ1) is 8.79. The first-order valence-electron chi connectivity index (χ1n) is 5.22. The normalized spacial score (nSPS) is 11.0. The topological polar surface area (TPSA) is 41.6 Å². The van der Waals surface area contributed by atoms with Gasteiger partial charge in [0.15, 0.2) is 0 Å². The van der Waals surface area contributed by atoms with E-state index in [9.17, 15) is 4.79 Å². The molecule has 1 rings (SSSR count). The van der Waals surface area contributed by atoms with Gasteiger partial charge in [0.25, 0.3) is 0 Å². The maximum absolute atomic E-state index is 11.4. The molecule has 0 saturated carbocycles. The van der Waals surface area contributed by atoms with Crippen molar-refractivity contribution in [2.24, 2.45) is 0 Å². The lowest BCUT2D eigenvalue weighted by Crippen LogP contribution is -2.37. The lowest BCUT2D eigenvalue weighted by Gasteiger charge is -2.21. The molecule has 0 fully saturated rings. The number of halogens is 4. The number of rotatable bonds is 4. The highest BCUT2D eigenvalue weighted by Crippen LogP contribution is 2.25. The van der Waals surface area contributed by atoms with E-state index in [-0.39, 0.29) is 6.61 Å². The number of nitrogens with one attached hydrogen (secondary N) is 1. The van der Waals surface area contributed by atoms with Crippen molar-refractivity contribution in [2.75, 3.05) is 25.2 Å². The van der Waals surface area contributed by atoms with Crippen LogP contribution in [0.15, 0.2) is 24.3 Å². The third-order valence-electron chi connectivity index (χ3n) is 2.09. The second-order valence-corrected chi connectivity index (χ2v) is 7.35. The van der Waals surface area contributed by atoms with Crippen LogP contribution in [0.4, 0.5) is 10.5 Å². The van der Waals surface area contributed by atoms with Crippen molar-refractivity contribution >= 4 is 69.2 Å². The second-order valence-electron chi connectivity index (χ2n) is 3.68. The Morgan fingerprint density at radius 1 is 1.42 bits per heavy atom. The molecule has 1 aromatic rings. The molecule has 0 spiro atoms. The smallest absolute Gasteiger partial charge is 0.408 e. The zero-order valence-corrected chi connectivity index (χ0v) is 14.4. The number of nitrogens with zero attached hydrogens (tertiary/aromatic N) is 1. The molecule has 0 unspecified atom stereocenters. The number of amides is 1. The fraction of sp³-hybridized carbons (Fsp3) is 0.364. The van der Waals surface area contributed by atoms with E-state index < -0.39 is 9.89 Å². The van der Waals surface area contributed by atoms with E-state index in [0.717, 1.165) is 9.26 Å². The van der Waals surface area contributed by atoms with Gasteiger partial charge in [-0.1, -0.05) is 46.9 Å². The van der Waals surface area contributed by atoms with E-state index in [4.69, 9.17) is 39.5 Å². The van der Waals surface area contributed by atoms with Crippen LogP contribution in [0.5, 0.6) is 0 Å². The van der Waals surface area contributed by atoms with Gasteiger partial charge in [0.05, 0.1) is 12.4 Å². The number of hydrogen-bond acceptors (Lipinski definition) is 3. The van der Waals surface area contributed by atoms with Crippen LogP contribution in [-0.2, 0) is 4.74 Å². The van der Waals surface area contributed by atoms with Gasteiger partial charge in [-0.15, -0.1) is 0 Å². The number of para-hydroxylation sites is 1. The summed E-state index contributed by atoms with van der Waals surface area (Å²) in [6, 6.07) is 7.81. The molecule has 8 heteroatoms. The van der Waals surface area contributed by atoms with Crippen molar-refractivity contribution in [3.05, 3.63) is 27.8 Å². The van der Waals surface area contributed by atoms with E-state index in [1.54, 1.807) is 0 Å². The molecule has 0 aliphatic heterocycles. The van der Waals surface area contributed by atoms with Gasteiger partial charge in [0.1, 0.15) is 6.61 Å². The highest BCUT2D eigenvalue weighted by Gasteiger charge is 2.22. The number of benzene rings is 1. The average Bonchev–Trinajstić information content (AvgIpc) is 2.33. The Balaban J connectivity index is 2.40. The van der Waals surface area contributed by atoms with Crippen LogP contribution in [0.1, 0.15) is 0 Å². The van der Waals surface area contributed by atoms with Crippen molar-refractivity contribution in [2.45, 2.75) is 3.79 Å². The zero-order chi connectivity index (χ0) is 14.5. The third-order valence-corrected chi connectivity index (χ3v) is 3.33. The maximum Gasteiger partial charge on any atom is 0.408 e. The quantitative estimate of drug-likeness (QED) is 0.443. The number of anilines is 1. The summed E-state index contributed by atoms with van der Waals surface area (Å²) in [5.74, 6) is 0. The largest absolute Gasteiger partial charge is 0.445 e. The van der Waals surface area contributed by atoms with Crippen LogP contribution < -0.4 is 10.2 Å². The summed E-state index contributed by atoms with van der Waals surface area (Å²) in [6.07, 6.45) is -0.635. The van der Waals surface area contributed by atoms with Crippen molar-refractivity contribution in [3.8, 4) is 0 Å². The molecule has 1 N–H and O–H groups in total. The molecular weight excluding hydrogens is 425 g/mol. The standard InChI is InChI=1S/C11H12Cl3IN2O2/c1-17(9-5-3-2-4-8(9)15)7-16-10(18)19-6-11(12,13)14/h2-5H,6-7H2,1H3,(H,16,18). The number of carbonyl (C=O) groups excluding carboxylic acids is 1. The minimum Gasteiger partial charge on any atom is -0.445 e. The second kappa shape index (κ2) is 7.61. The molecular formula is C11H12Cl3IN2O2. The molecule has 0 radical (unpaired) electrons. The predicted octanol–water partition coefficient (Wildman–Crippen LogP) is 3.78. The van der Waals surface area contributed by atoms with Crippen molar-refractivity contribution in [3.63, 3.8) is 0 Å². The number of ether oxygens (including phenoxy) is 1. The van der Waals surface area contributed by atoms with Gasteiger partial charge in [-0.2, -0.15) is 0 Å². The molecule has 0 saturated heterocycles. The molecule has 4 nitrogen and oxygen atoms in total. The maximum atomic E-state index is 11.4. The fourth-order valence-electron chi connectivity index (χ4n) is 1.23. The van der Waals surface area contributed by atoms with Gasteiger partial charge in [0.2, 0.25) is 3.79 Å². The zero-order valence-electron chi connectivity index (χ0n) is 10.00. The van der Waals surface area contributed by atoms with E-state index >= 15 is 0 Å². The summed E-state index contributed by atoms with van der Waals surface area (Å²) < 4.78 is 4.23. The summed E-state index contributed by atoms with van der Waals surface area (Å²) >= 11 is 18.6. The Labute approximate surface area is 140 Å². The van der Waals surface area contributed by atoms with Gasteiger partial charge < -0.3 is 15.0 Å². The van der Waals surface area contributed by atoms with E-state index in [2.05, 4.69) is 27.9 Å². The van der Waals surface area contributed by atoms with E-state index in [1.807, 2.05) is 36.2 Å². The Kier molecular flexibility index (Phi) is 6.79. The monoisotopic (exact) mass is 436 g/mol. The van der Waals surface area contributed by atoms with Crippen LogP contribution in [-0.4, -0.2) is 30.2 Å². The van der Waals surface area contributed by atoms with Gasteiger partial charge in [0, 0.05) is 10.6 Å². The first kappa shape index (κ1) is 16.9. The highest BCUT2D eigenvalue weighted by atomic mass is 127. The molecule has 1 aromatic carbocycles. The Hall–Kier alpha value is -0.110. The van der Waals surface area contributed by atoms with Crippen LogP contribution in [0, 0.1) is 3.57 Å². The van der Waals surface area contributed by atoms with E-state index in [0.29, 0.717) is 6.67 Å². The van der Waals surface area contributed by atoms with Gasteiger partial charge >= 0.3 is 6.09 Å². The first-order valence-corrected chi connectivity index (χ1v) is 7.44. The molecule has 19 heavy (non-hydrogen) atoms. The number of hydrogen-bond donors (Lipinski definition) is 1. The Morgan fingerprint density at radius 2 is 2.05 bits per heavy atom. The lowest BCUT2D eigenvalue weighted by atomic mass is 10.3. The number of carbonyl (C=O) groups is 1. The molecule has 0 aliphatic carbocycles. The predicted molar refractivity (Wildman–Crippen MR) is 87.2 cm³/mol. The van der Waals surface area contributed by atoms with Gasteiger partial charge in [-0.25, -0.2) is 4.79 Å². The average molecular weight is 437 g/mol. The van der Waals surface area contributed by atoms with Crippen LogP contribution in [0.3, 0.4) is 0 Å². The molecule has 0 bridgehead atoms. The summed E-state index contributed by atoms with van der Waals surface area (Å²) in [7, 11) is 1.85. The molecule has 0 heterocycles. The van der Waals surface area contributed by atoms with Gasteiger partial charge in [-0.3, -0.25) is 0 Å².